The number of carboxylic acids is 1. The van der Waals surface area contributed by atoms with Crippen LogP contribution in [0.1, 0.15) is 25.7 Å². The second-order valence-electron chi connectivity index (χ2n) is 8.69. The van der Waals surface area contributed by atoms with Gasteiger partial charge in [0, 0.05) is 17.7 Å². The molecule has 0 saturated heterocycles. The van der Waals surface area contributed by atoms with E-state index in [-0.39, 0.29) is 6.61 Å². The lowest BCUT2D eigenvalue weighted by Gasteiger charge is -2.28. The number of carbonyl (C=O) groups is 1. The highest BCUT2D eigenvalue weighted by Gasteiger charge is 2.26. The minimum absolute atomic E-state index is 0.225. The summed E-state index contributed by atoms with van der Waals surface area (Å²) >= 11 is 1.55. The molecule has 0 unspecified atom stereocenters. The van der Waals surface area contributed by atoms with Crippen LogP contribution in [0, 0.1) is 23.2 Å². The van der Waals surface area contributed by atoms with Gasteiger partial charge in [-0.25, -0.2) is 4.79 Å². The van der Waals surface area contributed by atoms with Gasteiger partial charge in [-0.15, -0.1) is 0 Å². The van der Waals surface area contributed by atoms with Crippen LogP contribution < -0.4 is 0 Å². The molecule has 176 valence electrons. The molecule has 6 nitrogen and oxygen atoms in total. The van der Waals surface area contributed by atoms with Gasteiger partial charge in [0.25, 0.3) is 0 Å². The lowest BCUT2D eigenvalue weighted by atomic mass is 9.82. The SMILES string of the molecule is N#CCSc1c(-c2ccccc2)c(-c2ccccc2)nn1CC1CCC(COCC(=O)O)CC1. The molecule has 34 heavy (non-hydrogen) atoms. The van der Waals surface area contributed by atoms with Gasteiger partial charge in [-0.3, -0.25) is 4.68 Å². The van der Waals surface area contributed by atoms with Crippen molar-refractivity contribution in [3.8, 4) is 28.5 Å². The Morgan fingerprint density at radius 1 is 1.03 bits per heavy atom. The summed E-state index contributed by atoms with van der Waals surface area (Å²) < 4.78 is 7.43. The number of thioether (sulfide) groups is 1. The van der Waals surface area contributed by atoms with Gasteiger partial charge < -0.3 is 9.84 Å². The Hall–Kier alpha value is -3.08. The molecule has 4 rings (SSSR count). The number of hydrogen-bond acceptors (Lipinski definition) is 5. The first-order valence-corrected chi connectivity index (χ1v) is 12.6. The van der Waals surface area contributed by atoms with Crippen LogP contribution in [0.4, 0.5) is 0 Å². The molecular weight excluding hydrogens is 446 g/mol. The molecule has 1 aliphatic carbocycles. The summed E-state index contributed by atoms with van der Waals surface area (Å²) in [6, 6.07) is 22.8. The normalized spacial score (nSPS) is 17.9. The quantitative estimate of drug-likeness (QED) is 0.376. The van der Waals surface area contributed by atoms with Crippen LogP contribution in [0.5, 0.6) is 0 Å². The average Bonchev–Trinajstić information content (AvgIpc) is 3.22. The Labute approximate surface area is 204 Å². The zero-order chi connectivity index (χ0) is 23.8. The van der Waals surface area contributed by atoms with Gasteiger partial charge in [0.2, 0.25) is 0 Å². The highest BCUT2D eigenvalue weighted by molar-refractivity contribution is 7.99. The molecule has 0 bridgehead atoms. The first-order chi connectivity index (χ1) is 16.7. The minimum atomic E-state index is -0.918. The van der Waals surface area contributed by atoms with E-state index >= 15 is 0 Å². The van der Waals surface area contributed by atoms with Gasteiger partial charge >= 0.3 is 5.97 Å². The average molecular weight is 476 g/mol. The van der Waals surface area contributed by atoms with Crippen molar-refractivity contribution in [1.82, 2.24) is 9.78 Å². The Kier molecular flexibility index (Phi) is 8.40. The minimum Gasteiger partial charge on any atom is -0.480 e. The van der Waals surface area contributed by atoms with Gasteiger partial charge in [0.15, 0.2) is 0 Å². The van der Waals surface area contributed by atoms with Crippen molar-refractivity contribution in [2.45, 2.75) is 37.3 Å². The molecule has 2 aromatic carbocycles. The second-order valence-corrected chi connectivity index (χ2v) is 9.65. The topological polar surface area (TPSA) is 88.1 Å². The second kappa shape index (κ2) is 11.9. The van der Waals surface area contributed by atoms with E-state index in [2.05, 4.69) is 35.0 Å². The van der Waals surface area contributed by atoms with Crippen LogP contribution >= 0.6 is 11.8 Å². The molecule has 1 aliphatic rings. The summed E-state index contributed by atoms with van der Waals surface area (Å²) in [5.74, 6) is 0.357. The molecule has 1 fully saturated rings. The molecule has 0 amide bonds. The highest BCUT2D eigenvalue weighted by Crippen LogP contribution is 2.40. The van der Waals surface area contributed by atoms with Crippen molar-refractivity contribution in [2.24, 2.45) is 11.8 Å². The van der Waals surface area contributed by atoms with Crippen molar-refractivity contribution in [3.63, 3.8) is 0 Å². The fourth-order valence-corrected chi connectivity index (χ4v) is 5.44. The molecule has 1 aromatic heterocycles. The number of nitrogens with zero attached hydrogens (tertiary/aromatic N) is 3. The van der Waals surface area contributed by atoms with Crippen molar-refractivity contribution in [3.05, 3.63) is 60.7 Å². The summed E-state index contributed by atoms with van der Waals surface area (Å²) in [4.78, 5) is 10.7. The summed E-state index contributed by atoms with van der Waals surface area (Å²) in [5.41, 5.74) is 4.20. The van der Waals surface area contributed by atoms with Crippen LogP contribution in [0.25, 0.3) is 22.4 Å². The molecule has 0 aliphatic heterocycles. The lowest BCUT2D eigenvalue weighted by Crippen LogP contribution is -2.23. The number of carboxylic acid groups (broad SMARTS) is 1. The Balaban J connectivity index is 1.58. The van der Waals surface area contributed by atoms with Crippen LogP contribution in [0.15, 0.2) is 65.7 Å². The maximum absolute atomic E-state index is 10.7. The van der Waals surface area contributed by atoms with Crippen LogP contribution in [0.2, 0.25) is 0 Å². The van der Waals surface area contributed by atoms with E-state index in [4.69, 9.17) is 14.9 Å². The first-order valence-electron chi connectivity index (χ1n) is 11.7. The van der Waals surface area contributed by atoms with E-state index in [1.54, 1.807) is 11.8 Å². The molecule has 7 heteroatoms. The van der Waals surface area contributed by atoms with Crippen LogP contribution in [-0.4, -0.2) is 39.8 Å². The lowest BCUT2D eigenvalue weighted by molar-refractivity contribution is -0.142. The molecule has 0 atom stereocenters. The summed E-state index contributed by atoms with van der Waals surface area (Å²) in [6.45, 7) is 1.10. The molecule has 1 N–H and O–H groups in total. The third-order valence-electron chi connectivity index (χ3n) is 6.27. The summed E-state index contributed by atoms with van der Waals surface area (Å²) in [6.07, 6.45) is 4.18. The van der Waals surface area contributed by atoms with Gasteiger partial charge in [-0.1, -0.05) is 72.4 Å². The van der Waals surface area contributed by atoms with Crippen molar-refractivity contribution >= 4 is 17.7 Å². The van der Waals surface area contributed by atoms with Crippen molar-refractivity contribution < 1.29 is 14.6 Å². The third-order valence-corrected chi connectivity index (χ3v) is 7.23. The number of ether oxygens (including phenoxy) is 1. The Morgan fingerprint density at radius 2 is 1.65 bits per heavy atom. The molecule has 0 radical (unpaired) electrons. The standard InChI is InChI=1S/C27H29N3O3S/c28-15-16-34-27-25(22-7-3-1-4-8-22)26(23-9-5-2-6-10-23)29-30(27)17-20-11-13-21(14-12-20)18-33-19-24(31)32/h1-10,20-21H,11-14,16-19H2,(H,31,32). The van der Waals surface area contributed by atoms with E-state index in [1.165, 1.54) is 0 Å². The summed E-state index contributed by atoms with van der Waals surface area (Å²) in [7, 11) is 0. The number of aromatic nitrogens is 2. The van der Waals surface area contributed by atoms with Gasteiger partial charge in [-0.05, 0) is 43.1 Å². The molecule has 1 heterocycles. The molecule has 3 aromatic rings. The van der Waals surface area contributed by atoms with Crippen molar-refractivity contribution in [1.29, 1.82) is 5.26 Å². The number of rotatable bonds is 10. The molecular formula is C27H29N3O3S. The zero-order valence-corrected chi connectivity index (χ0v) is 19.9. The van der Waals surface area contributed by atoms with E-state index < -0.39 is 5.97 Å². The number of benzene rings is 2. The predicted molar refractivity (Wildman–Crippen MR) is 133 cm³/mol. The fourth-order valence-electron chi connectivity index (χ4n) is 4.62. The number of aliphatic carboxylic acids is 1. The largest absolute Gasteiger partial charge is 0.480 e. The fraction of sp³-hybridized carbons (Fsp3) is 0.370. The Bertz CT molecular complexity index is 1120. The maximum Gasteiger partial charge on any atom is 0.329 e. The molecule has 1 saturated carbocycles. The monoisotopic (exact) mass is 475 g/mol. The number of hydrogen-bond donors (Lipinski definition) is 1. The highest BCUT2D eigenvalue weighted by atomic mass is 32.2. The van der Waals surface area contributed by atoms with E-state index in [9.17, 15) is 10.1 Å². The molecule has 0 spiro atoms. The van der Waals surface area contributed by atoms with Crippen LogP contribution in [0.3, 0.4) is 0 Å². The van der Waals surface area contributed by atoms with Gasteiger partial charge in [0.05, 0.1) is 18.4 Å². The maximum atomic E-state index is 10.7. The van der Waals surface area contributed by atoms with E-state index in [0.29, 0.717) is 24.2 Å². The Morgan fingerprint density at radius 3 is 2.26 bits per heavy atom. The smallest absolute Gasteiger partial charge is 0.329 e. The zero-order valence-electron chi connectivity index (χ0n) is 19.1. The van der Waals surface area contributed by atoms with Gasteiger partial charge in [0.1, 0.15) is 17.3 Å². The van der Waals surface area contributed by atoms with E-state index in [0.717, 1.165) is 59.6 Å². The first kappa shape index (κ1) is 24.1. The number of nitriles is 1. The third kappa shape index (κ3) is 6.07. The van der Waals surface area contributed by atoms with E-state index in [1.807, 2.05) is 36.4 Å². The summed E-state index contributed by atoms with van der Waals surface area (Å²) in [5, 5.41) is 24.2. The predicted octanol–water partition coefficient (Wildman–Crippen LogP) is 5.74. The van der Waals surface area contributed by atoms with Crippen molar-refractivity contribution in [2.75, 3.05) is 19.0 Å². The van der Waals surface area contributed by atoms with Crippen LogP contribution in [-0.2, 0) is 16.1 Å². The van der Waals surface area contributed by atoms with Gasteiger partial charge in [-0.2, -0.15) is 10.4 Å².